The van der Waals surface area contributed by atoms with Crippen molar-refractivity contribution in [3.05, 3.63) is 40.7 Å². The smallest absolute Gasteiger partial charge is 0.373 e. The van der Waals surface area contributed by atoms with E-state index in [4.69, 9.17) is 0 Å². The van der Waals surface area contributed by atoms with E-state index in [9.17, 15) is 27.6 Å². The highest BCUT2D eigenvalue weighted by molar-refractivity contribution is 8.02. The number of rotatable bonds is 9. The zero-order chi connectivity index (χ0) is 24.2. The van der Waals surface area contributed by atoms with Crippen molar-refractivity contribution in [2.24, 2.45) is 0 Å². The Morgan fingerprint density at radius 2 is 2.21 bits per heavy atom. The summed E-state index contributed by atoms with van der Waals surface area (Å²) in [6.45, 7) is 0.751. The Labute approximate surface area is 191 Å². The molecule has 3 heterocycles. The SMILES string of the molecule is CNC1=C(C(=O)N(C=O)CCC(F)(F)F)N([C@@H](C)C(=O)NC2=CSC(c3cn[nH]c3)N2)CN1. The van der Waals surface area contributed by atoms with E-state index in [0.717, 1.165) is 5.56 Å². The van der Waals surface area contributed by atoms with Crippen LogP contribution < -0.4 is 21.3 Å². The maximum Gasteiger partial charge on any atom is 0.390 e. The third-order valence-corrected chi connectivity index (χ3v) is 6.00. The Morgan fingerprint density at radius 1 is 1.45 bits per heavy atom. The van der Waals surface area contributed by atoms with Gasteiger partial charge in [0.25, 0.3) is 5.91 Å². The number of carbonyl (C=O) groups excluding carboxylic acids is 3. The average molecular weight is 488 g/mol. The monoisotopic (exact) mass is 488 g/mol. The van der Waals surface area contributed by atoms with Gasteiger partial charge in [-0.2, -0.15) is 18.3 Å². The van der Waals surface area contributed by atoms with Crippen molar-refractivity contribution in [3.8, 4) is 0 Å². The first kappa shape index (κ1) is 24.3. The van der Waals surface area contributed by atoms with Gasteiger partial charge in [-0.3, -0.25) is 24.4 Å². The summed E-state index contributed by atoms with van der Waals surface area (Å²) in [5.41, 5.74) is 0.785. The summed E-state index contributed by atoms with van der Waals surface area (Å²) in [4.78, 5) is 38.9. The van der Waals surface area contributed by atoms with Crippen molar-refractivity contribution < 1.29 is 27.6 Å². The minimum absolute atomic E-state index is 0.0384. The molecule has 0 radical (unpaired) electrons. The van der Waals surface area contributed by atoms with Crippen LogP contribution in [-0.2, 0) is 14.4 Å². The first-order valence-corrected chi connectivity index (χ1v) is 10.8. The number of carbonyl (C=O) groups is 3. The van der Waals surface area contributed by atoms with Gasteiger partial charge in [-0.1, -0.05) is 0 Å². The predicted molar refractivity (Wildman–Crippen MR) is 112 cm³/mol. The molecule has 5 N–H and O–H groups in total. The molecule has 0 aromatic carbocycles. The second-order valence-corrected chi connectivity index (χ2v) is 8.12. The highest BCUT2D eigenvalue weighted by Gasteiger charge is 2.38. The Balaban J connectivity index is 1.67. The molecular weight excluding hydrogens is 465 g/mol. The lowest BCUT2D eigenvalue weighted by Gasteiger charge is -2.28. The summed E-state index contributed by atoms with van der Waals surface area (Å²) in [5, 5.41) is 19.7. The molecule has 3 rings (SSSR count). The number of amides is 3. The normalized spacial score (nSPS) is 18.9. The fourth-order valence-electron chi connectivity index (χ4n) is 3.18. The molecule has 11 nitrogen and oxygen atoms in total. The molecule has 15 heteroatoms. The molecule has 1 unspecified atom stereocenters. The van der Waals surface area contributed by atoms with E-state index in [-0.39, 0.29) is 30.0 Å². The van der Waals surface area contributed by atoms with E-state index in [1.54, 1.807) is 24.7 Å². The van der Waals surface area contributed by atoms with Crippen LogP contribution in [0, 0.1) is 0 Å². The van der Waals surface area contributed by atoms with Crippen molar-refractivity contribution in [2.75, 3.05) is 20.3 Å². The number of aromatic amines is 1. The van der Waals surface area contributed by atoms with Crippen LogP contribution in [0.1, 0.15) is 24.3 Å². The molecular formula is C18H23F3N8O3S. The maximum atomic E-state index is 12.9. The van der Waals surface area contributed by atoms with Crippen LogP contribution in [0.5, 0.6) is 0 Å². The fraction of sp³-hybridized carbons (Fsp3) is 0.444. The molecule has 0 bridgehead atoms. The van der Waals surface area contributed by atoms with Gasteiger partial charge >= 0.3 is 6.18 Å². The van der Waals surface area contributed by atoms with E-state index in [0.29, 0.717) is 10.7 Å². The van der Waals surface area contributed by atoms with Crippen LogP contribution in [0.3, 0.4) is 0 Å². The molecule has 2 aliphatic heterocycles. The number of halogens is 3. The molecule has 1 aromatic heterocycles. The molecule has 0 aliphatic carbocycles. The molecule has 180 valence electrons. The highest BCUT2D eigenvalue weighted by Crippen LogP contribution is 2.32. The van der Waals surface area contributed by atoms with Crippen LogP contribution in [0.2, 0.25) is 0 Å². The zero-order valence-electron chi connectivity index (χ0n) is 17.7. The van der Waals surface area contributed by atoms with Gasteiger partial charge in [0.05, 0.1) is 19.3 Å². The lowest BCUT2D eigenvalue weighted by molar-refractivity contribution is -0.147. The van der Waals surface area contributed by atoms with Crippen LogP contribution in [0.15, 0.2) is 35.1 Å². The molecule has 3 amide bonds. The van der Waals surface area contributed by atoms with Crippen LogP contribution in [0.4, 0.5) is 13.2 Å². The Bertz CT molecular complexity index is 950. The Morgan fingerprint density at radius 3 is 2.82 bits per heavy atom. The number of hydrogen-bond acceptors (Lipinski definition) is 9. The van der Waals surface area contributed by atoms with Gasteiger partial charge in [0.1, 0.15) is 28.8 Å². The van der Waals surface area contributed by atoms with Gasteiger partial charge in [0.15, 0.2) is 0 Å². The second kappa shape index (κ2) is 10.1. The lowest BCUT2D eigenvalue weighted by atomic mass is 10.2. The van der Waals surface area contributed by atoms with Gasteiger partial charge in [-0.15, -0.1) is 11.8 Å². The fourth-order valence-corrected chi connectivity index (χ4v) is 4.06. The molecule has 2 aliphatic rings. The number of thioether (sulfide) groups is 1. The topological polar surface area (TPSA) is 134 Å². The summed E-state index contributed by atoms with van der Waals surface area (Å²) >= 11 is 1.43. The molecule has 2 atom stereocenters. The highest BCUT2D eigenvalue weighted by atomic mass is 32.2. The van der Waals surface area contributed by atoms with Crippen molar-refractivity contribution >= 4 is 30.0 Å². The quantitative estimate of drug-likeness (QED) is 0.310. The predicted octanol–water partition coefficient (Wildman–Crippen LogP) is 0.237. The van der Waals surface area contributed by atoms with Gasteiger partial charge in [-0.05, 0) is 6.92 Å². The largest absolute Gasteiger partial charge is 0.390 e. The van der Waals surface area contributed by atoms with E-state index < -0.39 is 37.0 Å². The van der Waals surface area contributed by atoms with Gasteiger partial charge in [-0.25, -0.2) is 0 Å². The number of H-pyrrole nitrogens is 1. The number of aromatic nitrogens is 2. The van der Waals surface area contributed by atoms with Gasteiger partial charge in [0.2, 0.25) is 12.3 Å². The number of hydrogen-bond donors (Lipinski definition) is 5. The van der Waals surface area contributed by atoms with Crippen molar-refractivity contribution in [3.63, 3.8) is 0 Å². The summed E-state index contributed by atoms with van der Waals surface area (Å²) in [5.74, 6) is -0.746. The van der Waals surface area contributed by atoms with Crippen LogP contribution in [0.25, 0.3) is 0 Å². The standard InChI is InChI=1S/C18H23F3N8O3S/c1-10(15(31)26-12-7-33-16(27-12)11-5-24-25-6-11)29-8-23-14(22-2)13(29)17(32)28(9-30)4-3-18(19,20)21/h5-7,9-10,16,22-23,27H,3-4,8H2,1-2H3,(H,24,25)(H,26,31)/t10-,16?/m0/s1. The van der Waals surface area contributed by atoms with Crippen molar-refractivity contribution in [2.45, 2.75) is 30.9 Å². The molecule has 0 fully saturated rings. The van der Waals surface area contributed by atoms with Gasteiger partial charge < -0.3 is 26.2 Å². The number of imide groups is 1. The summed E-state index contributed by atoms with van der Waals surface area (Å²) in [7, 11) is 1.51. The molecule has 0 saturated carbocycles. The second-order valence-electron chi connectivity index (χ2n) is 7.14. The van der Waals surface area contributed by atoms with Crippen LogP contribution >= 0.6 is 11.8 Å². The average Bonchev–Trinajstić information content (AvgIpc) is 3.52. The van der Waals surface area contributed by atoms with E-state index >= 15 is 0 Å². The zero-order valence-corrected chi connectivity index (χ0v) is 18.5. The van der Waals surface area contributed by atoms with E-state index in [2.05, 4.69) is 31.5 Å². The lowest BCUT2D eigenvalue weighted by Crippen LogP contribution is -2.48. The van der Waals surface area contributed by atoms with Crippen molar-refractivity contribution in [1.29, 1.82) is 0 Å². The van der Waals surface area contributed by atoms with Gasteiger partial charge in [0, 0.05) is 30.8 Å². The summed E-state index contributed by atoms with van der Waals surface area (Å²) < 4.78 is 37.8. The first-order chi connectivity index (χ1) is 15.6. The molecule has 0 spiro atoms. The Hall–Kier alpha value is -3.36. The van der Waals surface area contributed by atoms with E-state index in [1.165, 1.54) is 23.7 Å². The van der Waals surface area contributed by atoms with E-state index in [1.807, 2.05) is 0 Å². The molecule has 0 saturated heterocycles. The number of nitrogens with one attached hydrogen (secondary N) is 5. The molecule has 33 heavy (non-hydrogen) atoms. The summed E-state index contributed by atoms with van der Waals surface area (Å²) in [6.07, 6.45) is -2.44. The number of alkyl halides is 3. The third kappa shape index (κ3) is 5.71. The minimum Gasteiger partial charge on any atom is -0.373 e. The molecule has 1 aromatic rings. The van der Waals surface area contributed by atoms with Crippen molar-refractivity contribution in [1.82, 2.24) is 41.3 Å². The maximum absolute atomic E-state index is 12.9. The third-order valence-electron chi connectivity index (χ3n) is 4.96. The first-order valence-electron chi connectivity index (χ1n) is 9.82. The summed E-state index contributed by atoms with van der Waals surface area (Å²) in [6, 6.07) is -0.890. The number of nitrogens with zero attached hydrogens (tertiary/aromatic N) is 3. The van der Waals surface area contributed by atoms with Crippen LogP contribution in [-0.4, -0.2) is 70.7 Å². The Kier molecular flexibility index (Phi) is 7.40. The minimum atomic E-state index is -4.53.